The van der Waals surface area contributed by atoms with E-state index in [0.717, 1.165) is 43.1 Å². The highest BCUT2D eigenvalue weighted by Gasteiger charge is 2.32. The number of piperidine rings is 1. The Kier molecular flexibility index (Phi) is 5.11. The molecule has 2 aliphatic heterocycles. The van der Waals surface area contributed by atoms with Crippen LogP contribution < -0.4 is 10.6 Å². The third-order valence-electron chi connectivity index (χ3n) is 5.15. The summed E-state index contributed by atoms with van der Waals surface area (Å²) in [6, 6.07) is 3.13. The number of benzene rings is 1. The number of ether oxygens (including phenoxy) is 1. The van der Waals surface area contributed by atoms with Gasteiger partial charge in [-0.05, 0) is 44.0 Å². The normalized spacial score (nSPS) is 19.9. The summed E-state index contributed by atoms with van der Waals surface area (Å²) in [6.07, 6.45) is -1.79. The highest BCUT2D eigenvalue weighted by Crippen LogP contribution is 2.39. The molecule has 0 aliphatic carbocycles. The van der Waals surface area contributed by atoms with Gasteiger partial charge in [0.1, 0.15) is 11.4 Å². The van der Waals surface area contributed by atoms with E-state index in [1.54, 1.807) is 0 Å². The number of rotatable bonds is 3. The molecule has 2 aliphatic rings. The first kappa shape index (κ1) is 18.9. The number of hydrogen-bond acceptors (Lipinski definition) is 6. The number of aromatic hydroxyl groups is 1. The van der Waals surface area contributed by atoms with Gasteiger partial charge in [0.05, 0.1) is 18.8 Å². The van der Waals surface area contributed by atoms with E-state index in [-0.39, 0.29) is 18.2 Å². The summed E-state index contributed by atoms with van der Waals surface area (Å²) in [6.45, 7) is 2.66. The first-order valence-corrected chi connectivity index (χ1v) is 9.27. The molecule has 4 rings (SSSR count). The van der Waals surface area contributed by atoms with Crippen LogP contribution >= 0.6 is 0 Å². The molecule has 6 nitrogen and oxygen atoms in total. The molecule has 0 bridgehead atoms. The molecular formula is C19H21F3N4O2. The minimum Gasteiger partial charge on any atom is -0.507 e. The zero-order valence-corrected chi connectivity index (χ0v) is 15.1. The lowest BCUT2D eigenvalue weighted by molar-refractivity contribution is -0.137. The minimum atomic E-state index is -4.52. The Labute approximate surface area is 160 Å². The largest absolute Gasteiger partial charge is 0.507 e. The van der Waals surface area contributed by atoms with Crippen LogP contribution in [0.4, 0.5) is 19.0 Å². The molecule has 3 heterocycles. The van der Waals surface area contributed by atoms with Crippen molar-refractivity contribution in [1.82, 2.24) is 15.5 Å². The third kappa shape index (κ3) is 3.77. The first-order chi connectivity index (χ1) is 13.4. The maximum atomic E-state index is 12.9. The summed E-state index contributed by atoms with van der Waals surface area (Å²) >= 11 is 0. The monoisotopic (exact) mass is 394 g/mol. The maximum Gasteiger partial charge on any atom is 0.416 e. The lowest BCUT2D eigenvalue weighted by atomic mass is 9.97. The van der Waals surface area contributed by atoms with Gasteiger partial charge in [-0.25, -0.2) is 0 Å². The fraction of sp³-hybridized carbons (Fsp3) is 0.474. The highest BCUT2D eigenvalue weighted by atomic mass is 19.4. The van der Waals surface area contributed by atoms with E-state index in [0.29, 0.717) is 30.6 Å². The molecule has 1 fully saturated rings. The minimum absolute atomic E-state index is 0.216. The second-order valence-electron chi connectivity index (χ2n) is 7.07. The number of alkyl halides is 3. The number of halogens is 3. The van der Waals surface area contributed by atoms with Crippen LogP contribution in [0.1, 0.15) is 29.5 Å². The van der Waals surface area contributed by atoms with Crippen LogP contribution in [0.5, 0.6) is 5.75 Å². The summed E-state index contributed by atoms with van der Waals surface area (Å²) < 4.78 is 44.2. The number of hydrogen-bond donors (Lipinski definition) is 3. The molecule has 0 radical (unpaired) electrons. The number of nitrogens with zero attached hydrogens (tertiary/aromatic N) is 2. The van der Waals surface area contributed by atoms with Crippen molar-refractivity contribution >= 4 is 5.82 Å². The molecule has 0 amide bonds. The van der Waals surface area contributed by atoms with E-state index in [1.807, 2.05) is 0 Å². The van der Waals surface area contributed by atoms with Crippen molar-refractivity contribution < 1.29 is 23.0 Å². The molecule has 9 heteroatoms. The fourth-order valence-corrected chi connectivity index (χ4v) is 3.69. The van der Waals surface area contributed by atoms with Gasteiger partial charge in [-0.1, -0.05) is 0 Å². The molecule has 1 aromatic carbocycles. The number of phenols is 1. The Morgan fingerprint density at radius 3 is 2.79 bits per heavy atom. The quantitative estimate of drug-likeness (QED) is 0.743. The van der Waals surface area contributed by atoms with Crippen molar-refractivity contribution in [3.05, 3.63) is 34.9 Å². The second-order valence-corrected chi connectivity index (χ2v) is 7.07. The van der Waals surface area contributed by atoms with E-state index >= 15 is 0 Å². The van der Waals surface area contributed by atoms with Gasteiger partial charge in [0, 0.05) is 29.3 Å². The van der Waals surface area contributed by atoms with Gasteiger partial charge in [0.15, 0.2) is 5.82 Å². The van der Waals surface area contributed by atoms with Gasteiger partial charge in [-0.3, -0.25) is 0 Å². The molecule has 0 unspecified atom stereocenters. The predicted octanol–water partition coefficient (Wildman–Crippen LogP) is 3.10. The maximum absolute atomic E-state index is 12.9. The average molecular weight is 394 g/mol. The summed E-state index contributed by atoms with van der Waals surface area (Å²) in [5.74, 6) is 0.205. The van der Waals surface area contributed by atoms with Gasteiger partial charge < -0.3 is 20.5 Å². The smallest absolute Gasteiger partial charge is 0.416 e. The number of aromatic nitrogens is 2. The zero-order valence-electron chi connectivity index (χ0n) is 15.1. The molecule has 150 valence electrons. The number of phenolic OH excluding ortho intramolecular Hbond substituents is 1. The Morgan fingerprint density at radius 2 is 2.07 bits per heavy atom. The molecule has 2 aromatic rings. The Morgan fingerprint density at radius 1 is 1.21 bits per heavy atom. The van der Waals surface area contributed by atoms with Gasteiger partial charge in [0.25, 0.3) is 0 Å². The van der Waals surface area contributed by atoms with E-state index in [9.17, 15) is 18.3 Å². The molecule has 1 saturated heterocycles. The topological polar surface area (TPSA) is 79.3 Å². The SMILES string of the molecule is Oc1cc(C(F)(F)F)ccc1-c1nnc(N[C@@H]2CCCNC2)c2c1COCC2. The second kappa shape index (κ2) is 7.56. The van der Waals surface area contributed by atoms with Crippen molar-refractivity contribution in [1.29, 1.82) is 0 Å². The lowest BCUT2D eigenvalue weighted by Crippen LogP contribution is -2.39. The van der Waals surface area contributed by atoms with Crippen molar-refractivity contribution in [2.24, 2.45) is 0 Å². The van der Waals surface area contributed by atoms with Crippen molar-refractivity contribution in [2.45, 2.75) is 38.1 Å². The molecule has 0 spiro atoms. The summed E-state index contributed by atoms with van der Waals surface area (Å²) in [7, 11) is 0. The standard InChI is InChI=1S/C19H21F3N4O2/c20-19(21,22)11-3-4-14(16(27)8-11)17-15-10-28-7-5-13(15)18(26-25-17)24-12-2-1-6-23-9-12/h3-4,8,12,23,27H,1-2,5-7,9-10H2,(H,24,26)/t12-/m1/s1. The van der Waals surface area contributed by atoms with Crippen LogP contribution in [0.2, 0.25) is 0 Å². The molecule has 28 heavy (non-hydrogen) atoms. The van der Waals surface area contributed by atoms with E-state index < -0.39 is 17.5 Å². The number of fused-ring (bicyclic) bond motifs is 1. The van der Waals surface area contributed by atoms with Crippen LogP contribution in [0.15, 0.2) is 18.2 Å². The average Bonchev–Trinajstić information content (AvgIpc) is 2.69. The van der Waals surface area contributed by atoms with E-state index in [4.69, 9.17) is 4.74 Å². The van der Waals surface area contributed by atoms with Crippen LogP contribution in [-0.2, 0) is 23.9 Å². The van der Waals surface area contributed by atoms with Gasteiger partial charge in [-0.2, -0.15) is 13.2 Å². The molecular weight excluding hydrogens is 373 g/mol. The molecule has 1 atom stereocenters. The summed E-state index contributed by atoms with van der Waals surface area (Å²) in [5.41, 5.74) is 1.36. The molecule has 1 aromatic heterocycles. The van der Waals surface area contributed by atoms with E-state index in [2.05, 4.69) is 20.8 Å². The van der Waals surface area contributed by atoms with Gasteiger partial charge in [0.2, 0.25) is 0 Å². The zero-order chi connectivity index (χ0) is 19.7. The number of anilines is 1. The van der Waals surface area contributed by atoms with Crippen molar-refractivity contribution in [3.8, 4) is 17.0 Å². The van der Waals surface area contributed by atoms with Crippen LogP contribution in [0.3, 0.4) is 0 Å². The predicted molar refractivity (Wildman–Crippen MR) is 97.0 cm³/mol. The molecule has 0 saturated carbocycles. The summed E-state index contributed by atoms with van der Waals surface area (Å²) in [4.78, 5) is 0. The third-order valence-corrected chi connectivity index (χ3v) is 5.15. The highest BCUT2D eigenvalue weighted by molar-refractivity contribution is 5.73. The first-order valence-electron chi connectivity index (χ1n) is 9.27. The number of nitrogens with one attached hydrogen (secondary N) is 2. The van der Waals surface area contributed by atoms with Crippen LogP contribution in [0.25, 0.3) is 11.3 Å². The van der Waals surface area contributed by atoms with Crippen molar-refractivity contribution in [2.75, 3.05) is 25.0 Å². The fourth-order valence-electron chi connectivity index (χ4n) is 3.69. The van der Waals surface area contributed by atoms with E-state index in [1.165, 1.54) is 6.07 Å². The molecule has 3 N–H and O–H groups in total. The lowest BCUT2D eigenvalue weighted by Gasteiger charge is -2.27. The Balaban J connectivity index is 1.70. The van der Waals surface area contributed by atoms with Crippen LogP contribution in [-0.4, -0.2) is 41.0 Å². The van der Waals surface area contributed by atoms with Crippen molar-refractivity contribution in [3.63, 3.8) is 0 Å². The Bertz CT molecular complexity index is 867. The Hall–Kier alpha value is -2.39. The van der Waals surface area contributed by atoms with Gasteiger partial charge in [-0.15, -0.1) is 10.2 Å². The van der Waals surface area contributed by atoms with Gasteiger partial charge >= 0.3 is 6.18 Å². The van der Waals surface area contributed by atoms with Crippen LogP contribution in [0, 0.1) is 0 Å². The summed E-state index contributed by atoms with van der Waals surface area (Å²) in [5, 5.41) is 25.5.